The Morgan fingerprint density at radius 1 is 1.62 bits per heavy atom. The molecule has 13 heavy (non-hydrogen) atoms. The molecule has 3 heteroatoms. The third-order valence-electron chi connectivity index (χ3n) is 1.95. The average Bonchev–Trinajstić information content (AvgIpc) is 2.51. The van der Waals surface area contributed by atoms with E-state index in [1.54, 1.807) is 6.08 Å². The Morgan fingerprint density at radius 2 is 2.38 bits per heavy atom. The molecule has 3 nitrogen and oxygen atoms in total. The molecular formula is C10H17NO2. The van der Waals surface area contributed by atoms with Gasteiger partial charge in [0.25, 0.3) is 0 Å². The van der Waals surface area contributed by atoms with Crippen LogP contribution in [0, 0.1) is 0 Å². The highest BCUT2D eigenvalue weighted by Gasteiger charge is 2.15. The molecule has 1 atom stereocenters. The number of ether oxygens (including phenoxy) is 1. The Labute approximate surface area is 79.2 Å². The van der Waals surface area contributed by atoms with Crippen LogP contribution in [0.2, 0.25) is 0 Å². The predicted octanol–water partition coefficient (Wildman–Crippen LogP) is 1.25. The van der Waals surface area contributed by atoms with E-state index in [0.717, 1.165) is 25.0 Å². The molecule has 0 bridgehead atoms. The van der Waals surface area contributed by atoms with E-state index in [0.29, 0.717) is 6.54 Å². The summed E-state index contributed by atoms with van der Waals surface area (Å²) in [7, 11) is 0. The van der Waals surface area contributed by atoms with Crippen molar-refractivity contribution < 1.29 is 9.53 Å². The smallest absolute Gasteiger partial charge is 0.244 e. The highest BCUT2D eigenvalue weighted by atomic mass is 16.5. The molecule has 0 radical (unpaired) electrons. The molecule has 0 aromatic rings. The first kappa shape index (κ1) is 10.3. The average molecular weight is 183 g/mol. The maximum atomic E-state index is 11.2. The number of carbonyl (C=O) groups excluding carboxylic acids is 1. The zero-order valence-corrected chi connectivity index (χ0v) is 8.30. The highest BCUT2D eigenvalue weighted by molar-refractivity contribution is 5.88. The maximum absolute atomic E-state index is 11.2. The van der Waals surface area contributed by atoms with Crippen LogP contribution in [0.5, 0.6) is 0 Å². The summed E-state index contributed by atoms with van der Waals surface area (Å²) in [6.45, 7) is 5.29. The minimum Gasteiger partial charge on any atom is -0.376 e. The molecule has 0 aliphatic carbocycles. The van der Waals surface area contributed by atoms with E-state index >= 15 is 0 Å². The van der Waals surface area contributed by atoms with Gasteiger partial charge in [-0.1, -0.05) is 5.57 Å². The zero-order valence-electron chi connectivity index (χ0n) is 8.30. The molecule has 1 heterocycles. The fourth-order valence-corrected chi connectivity index (χ4v) is 1.33. The van der Waals surface area contributed by atoms with E-state index in [4.69, 9.17) is 4.74 Å². The van der Waals surface area contributed by atoms with Gasteiger partial charge in [0, 0.05) is 19.2 Å². The second kappa shape index (κ2) is 5.02. The molecule has 1 rings (SSSR count). The Kier molecular flexibility index (Phi) is 3.96. The third-order valence-corrected chi connectivity index (χ3v) is 1.95. The molecule has 1 fully saturated rings. The monoisotopic (exact) mass is 183 g/mol. The third kappa shape index (κ3) is 4.08. The van der Waals surface area contributed by atoms with Gasteiger partial charge >= 0.3 is 0 Å². The van der Waals surface area contributed by atoms with Crippen molar-refractivity contribution in [2.24, 2.45) is 0 Å². The predicted molar refractivity (Wildman–Crippen MR) is 51.4 cm³/mol. The normalized spacial score (nSPS) is 21.2. The molecule has 1 saturated heterocycles. The first-order valence-corrected chi connectivity index (χ1v) is 4.73. The molecule has 0 aromatic heterocycles. The lowest BCUT2D eigenvalue weighted by molar-refractivity contribution is -0.117. The van der Waals surface area contributed by atoms with Crippen LogP contribution >= 0.6 is 0 Å². The Balaban J connectivity index is 2.18. The number of amides is 1. The van der Waals surface area contributed by atoms with E-state index in [2.05, 4.69) is 5.32 Å². The van der Waals surface area contributed by atoms with Crippen molar-refractivity contribution in [1.82, 2.24) is 5.32 Å². The Hall–Kier alpha value is -0.830. The van der Waals surface area contributed by atoms with Gasteiger partial charge in [-0.2, -0.15) is 0 Å². The van der Waals surface area contributed by atoms with Crippen LogP contribution in [-0.2, 0) is 9.53 Å². The molecular weight excluding hydrogens is 166 g/mol. The van der Waals surface area contributed by atoms with Crippen molar-refractivity contribution in [2.45, 2.75) is 32.8 Å². The second-order valence-electron chi connectivity index (χ2n) is 3.60. The molecule has 1 N–H and O–H groups in total. The first-order valence-electron chi connectivity index (χ1n) is 4.73. The standard InChI is InChI=1S/C10H17NO2/c1-8(2)6-10(12)11-7-9-4-3-5-13-9/h6,9H,3-5,7H2,1-2H3,(H,11,12). The number of nitrogens with one attached hydrogen (secondary N) is 1. The van der Waals surface area contributed by atoms with E-state index in [9.17, 15) is 4.79 Å². The minimum absolute atomic E-state index is 0.0181. The molecule has 1 aliphatic heterocycles. The summed E-state index contributed by atoms with van der Waals surface area (Å²) in [5, 5.41) is 2.82. The fraction of sp³-hybridized carbons (Fsp3) is 0.700. The van der Waals surface area contributed by atoms with Crippen LogP contribution in [0.4, 0.5) is 0 Å². The summed E-state index contributed by atoms with van der Waals surface area (Å²) in [6, 6.07) is 0. The number of carbonyl (C=O) groups is 1. The first-order chi connectivity index (χ1) is 6.18. The summed E-state index contributed by atoms with van der Waals surface area (Å²) in [4.78, 5) is 11.2. The minimum atomic E-state index is -0.0181. The van der Waals surface area contributed by atoms with E-state index in [1.165, 1.54) is 0 Å². The van der Waals surface area contributed by atoms with Crippen molar-refractivity contribution in [3.8, 4) is 0 Å². The van der Waals surface area contributed by atoms with Crippen LogP contribution < -0.4 is 5.32 Å². The quantitative estimate of drug-likeness (QED) is 0.669. The molecule has 1 unspecified atom stereocenters. The Bertz CT molecular complexity index is 201. The molecule has 1 aliphatic rings. The largest absolute Gasteiger partial charge is 0.376 e. The van der Waals surface area contributed by atoms with Gasteiger partial charge in [0.15, 0.2) is 0 Å². The van der Waals surface area contributed by atoms with Gasteiger partial charge in [-0.3, -0.25) is 4.79 Å². The van der Waals surface area contributed by atoms with Crippen molar-refractivity contribution >= 4 is 5.91 Å². The lowest BCUT2D eigenvalue weighted by atomic mass is 10.2. The molecule has 0 aromatic carbocycles. The lowest BCUT2D eigenvalue weighted by Gasteiger charge is -2.08. The van der Waals surface area contributed by atoms with Gasteiger partial charge < -0.3 is 10.1 Å². The van der Waals surface area contributed by atoms with Crippen LogP contribution in [0.1, 0.15) is 26.7 Å². The molecule has 1 amide bonds. The van der Waals surface area contributed by atoms with Crippen LogP contribution in [-0.4, -0.2) is 25.2 Å². The van der Waals surface area contributed by atoms with E-state index in [-0.39, 0.29) is 12.0 Å². The highest BCUT2D eigenvalue weighted by Crippen LogP contribution is 2.10. The van der Waals surface area contributed by atoms with Gasteiger partial charge in [0.05, 0.1) is 6.10 Å². The lowest BCUT2D eigenvalue weighted by Crippen LogP contribution is -2.30. The Morgan fingerprint density at radius 3 is 2.92 bits per heavy atom. The molecule has 0 spiro atoms. The summed E-state index contributed by atoms with van der Waals surface area (Å²) in [5.41, 5.74) is 1.02. The van der Waals surface area contributed by atoms with Crippen molar-refractivity contribution in [3.05, 3.63) is 11.6 Å². The van der Waals surface area contributed by atoms with Crippen molar-refractivity contribution in [2.75, 3.05) is 13.2 Å². The van der Waals surface area contributed by atoms with Crippen LogP contribution in [0.25, 0.3) is 0 Å². The summed E-state index contributed by atoms with van der Waals surface area (Å²) < 4.78 is 5.37. The van der Waals surface area contributed by atoms with Crippen LogP contribution in [0.3, 0.4) is 0 Å². The van der Waals surface area contributed by atoms with Gasteiger partial charge in [0.2, 0.25) is 5.91 Å². The zero-order chi connectivity index (χ0) is 9.68. The molecule has 74 valence electrons. The fourth-order valence-electron chi connectivity index (χ4n) is 1.33. The number of rotatable bonds is 3. The summed E-state index contributed by atoms with van der Waals surface area (Å²) >= 11 is 0. The van der Waals surface area contributed by atoms with Gasteiger partial charge in [0.1, 0.15) is 0 Å². The van der Waals surface area contributed by atoms with Crippen molar-refractivity contribution in [3.63, 3.8) is 0 Å². The summed E-state index contributed by atoms with van der Waals surface area (Å²) in [6.07, 6.45) is 4.02. The van der Waals surface area contributed by atoms with Crippen molar-refractivity contribution in [1.29, 1.82) is 0 Å². The van der Waals surface area contributed by atoms with Gasteiger partial charge in [-0.05, 0) is 26.7 Å². The summed E-state index contributed by atoms with van der Waals surface area (Å²) in [5.74, 6) is -0.0181. The van der Waals surface area contributed by atoms with E-state index in [1.807, 2.05) is 13.8 Å². The topological polar surface area (TPSA) is 38.3 Å². The number of hydrogen-bond donors (Lipinski definition) is 1. The van der Waals surface area contributed by atoms with E-state index < -0.39 is 0 Å². The maximum Gasteiger partial charge on any atom is 0.244 e. The van der Waals surface area contributed by atoms with Crippen LogP contribution in [0.15, 0.2) is 11.6 Å². The SMILES string of the molecule is CC(C)=CC(=O)NCC1CCCO1. The van der Waals surface area contributed by atoms with Gasteiger partial charge in [-0.25, -0.2) is 0 Å². The van der Waals surface area contributed by atoms with Gasteiger partial charge in [-0.15, -0.1) is 0 Å². The molecule has 0 saturated carbocycles. The number of allylic oxidation sites excluding steroid dienone is 1. The second-order valence-corrected chi connectivity index (χ2v) is 3.60. The number of hydrogen-bond acceptors (Lipinski definition) is 2.